The van der Waals surface area contributed by atoms with Gasteiger partial charge in [-0.15, -0.1) is 0 Å². The molecule has 4 rings (SSSR count). The monoisotopic (exact) mass is 404 g/mol. The number of ether oxygens (including phenoxy) is 1. The van der Waals surface area contributed by atoms with Gasteiger partial charge in [0.25, 0.3) is 5.91 Å². The quantitative estimate of drug-likeness (QED) is 0.618. The van der Waals surface area contributed by atoms with Gasteiger partial charge in [0.15, 0.2) is 18.1 Å². The number of amides is 1. The highest BCUT2D eigenvalue weighted by Crippen LogP contribution is 2.30. The number of oxazole rings is 1. The molecule has 5 nitrogen and oxygen atoms in total. The summed E-state index contributed by atoms with van der Waals surface area (Å²) in [4.78, 5) is 18.8. The fourth-order valence-electron chi connectivity index (χ4n) is 3.29. The van der Waals surface area contributed by atoms with Gasteiger partial charge < -0.3 is 14.1 Å². The van der Waals surface area contributed by atoms with Crippen molar-refractivity contribution in [1.29, 1.82) is 0 Å². The van der Waals surface area contributed by atoms with Crippen LogP contribution < -0.4 is 4.74 Å². The number of para-hydroxylation sites is 2. The highest BCUT2D eigenvalue weighted by atomic mass is 35.5. The van der Waals surface area contributed by atoms with Crippen LogP contribution in [0.1, 0.15) is 24.7 Å². The van der Waals surface area contributed by atoms with Crippen LogP contribution in [0, 0.1) is 0 Å². The molecule has 0 radical (unpaired) electrons. The maximum absolute atomic E-state index is 12.4. The first-order chi connectivity index (χ1) is 13.1. The van der Waals surface area contributed by atoms with Gasteiger partial charge in [0, 0.05) is 29.1 Å². The highest BCUT2D eigenvalue weighted by molar-refractivity contribution is 6.34. The zero-order valence-corrected chi connectivity index (χ0v) is 16.0. The molecule has 2 heterocycles. The first-order valence-corrected chi connectivity index (χ1v) is 9.56. The van der Waals surface area contributed by atoms with E-state index in [-0.39, 0.29) is 18.4 Å². The van der Waals surface area contributed by atoms with Crippen molar-refractivity contribution in [2.45, 2.75) is 18.8 Å². The molecule has 1 aliphatic heterocycles. The van der Waals surface area contributed by atoms with Crippen LogP contribution in [-0.4, -0.2) is 35.5 Å². The second-order valence-electron chi connectivity index (χ2n) is 6.57. The van der Waals surface area contributed by atoms with Crippen molar-refractivity contribution < 1.29 is 13.9 Å². The normalized spacial score (nSPS) is 15.3. The van der Waals surface area contributed by atoms with Gasteiger partial charge in [0.2, 0.25) is 0 Å². The molecular formula is C20H18Cl2N2O3. The molecule has 0 saturated carbocycles. The largest absolute Gasteiger partial charge is 0.484 e. The Morgan fingerprint density at radius 1 is 1.15 bits per heavy atom. The Balaban J connectivity index is 1.32. The first kappa shape index (κ1) is 18.1. The first-order valence-electron chi connectivity index (χ1n) is 8.80. The molecule has 1 fully saturated rings. The zero-order chi connectivity index (χ0) is 18.8. The third-order valence-corrected chi connectivity index (χ3v) is 5.14. The Morgan fingerprint density at radius 3 is 2.56 bits per heavy atom. The summed E-state index contributed by atoms with van der Waals surface area (Å²) in [7, 11) is 0. The predicted molar refractivity (Wildman–Crippen MR) is 105 cm³/mol. The van der Waals surface area contributed by atoms with Crippen molar-refractivity contribution in [3.05, 3.63) is 58.4 Å². The van der Waals surface area contributed by atoms with Gasteiger partial charge in [-0.1, -0.05) is 35.3 Å². The minimum atomic E-state index is -0.0536. The van der Waals surface area contributed by atoms with Crippen molar-refractivity contribution in [1.82, 2.24) is 9.88 Å². The van der Waals surface area contributed by atoms with Gasteiger partial charge >= 0.3 is 0 Å². The van der Waals surface area contributed by atoms with Crippen LogP contribution >= 0.6 is 23.2 Å². The third kappa shape index (κ3) is 4.20. The van der Waals surface area contributed by atoms with E-state index in [0.717, 1.165) is 29.8 Å². The Hall–Kier alpha value is -2.24. The van der Waals surface area contributed by atoms with Crippen LogP contribution in [0.3, 0.4) is 0 Å². The number of hydrogen-bond donors (Lipinski definition) is 0. The molecule has 0 bridgehead atoms. The summed E-state index contributed by atoms with van der Waals surface area (Å²) in [6, 6.07) is 12.6. The van der Waals surface area contributed by atoms with Crippen LogP contribution in [-0.2, 0) is 4.79 Å². The molecule has 3 aromatic rings. The van der Waals surface area contributed by atoms with E-state index in [1.807, 2.05) is 29.2 Å². The fraction of sp³-hybridized carbons (Fsp3) is 0.300. The molecule has 27 heavy (non-hydrogen) atoms. The van der Waals surface area contributed by atoms with E-state index in [0.29, 0.717) is 28.9 Å². The molecular weight excluding hydrogens is 387 g/mol. The maximum atomic E-state index is 12.4. The zero-order valence-electron chi connectivity index (χ0n) is 14.5. The van der Waals surface area contributed by atoms with Crippen molar-refractivity contribution in [2.24, 2.45) is 0 Å². The van der Waals surface area contributed by atoms with Crippen molar-refractivity contribution in [3.63, 3.8) is 0 Å². The van der Waals surface area contributed by atoms with Gasteiger partial charge in [-0.3, -0.25) is 4.79 Å². The lowest BCUT2D eigenvalue weighted by molar-refractivity contribution is -0.134. The van der Waals surface area contributed by atoms with E-state index in [1.165, 1.54) is 0 Å². The van der Waals surface area contributed by atoms with Crippen molar-refractivity contribution >= 4 is 40.2 Å². The van der Waals surface area contributed by atoms with Gasteiger partial charge in [0.05, 0.1) is 0 Å². The molecule has 1 aromatic heterocycles. The van der Waals surface area contributed by atoms with E-state index in [4.69, 9.17) is 32.4 Å². The number of carbonyl (C=O) groups is 1. The number of likely N-dealkylation sites (tertiary alicyclic amines) is 1. The van der Waals surface area contributed by atoms with Crippen LogP contribution in [0.2, 0.25) is 10.0 Å². The van der Waals surface area contributed by atoms with E-state index in [9.17, 15) is 4.79 Å². The summed E-state index contributed by atoms with van der Waals surface area (Å²) >= 11 is 11.9. The maximum Gasteiger partial charge on any atom is 0.260 e. The van der Waals surface area contributed by atoms with E-state index in [2.05, 4.69) is 4.98 Å². The van der Waals surface area contributed by atoms with E-state index in [1.54, 1.807) is 18.2 Å². The summed E-state index contributed by atoms with van der Waals surface area (Å²) in [5.74, 6) is 1.42. The second-order valence-corrected chi connectivity index (χ2v) is 7.44. The predicted octanol–water partition coefficient (Wildman–Crippen LogP) is 4.92. The molecule has 0 unspecified atom stereocenters. The van der Waals surface area contributed by atoms with Crippen LogP contribution in [0.5, 0.6) is 5.75 Å². The fourth-order valence-corrected chi connectivity index (χ4v) is 3.79. The van der Waals surface area contributed by atoms with E-state index >= 15 is 0 Å². The summed E-state index contributed by atoms with van der Waals surface area (Å²) in [6.07, 6.45) is 1.64. The van der Waals surface area contributed by atoms with Gasteiger partial charge in [-0.05, 0) is 43.2 Å². The highest BCUT2D eigenvalue weighted by Gasteiger charge is 2.27. The topological polar surface area (TPSA) is 55.6 Å². The molecule has 1 saturated heterocycles. The molecule has 1 aliphatic rings. The second kappa shape index (κ2) is 7.79. The standard InChI is InChI=1S/C20H18Cl2N2O3/c21-14-9-15(22)11-16(10-14)26-12-19(25)24-7-5-13(6-8-24)20-23-17-3-1-2-4-18(17)27-20/h1-4,9-11,13H,5-8,12H2. The molecule has 7 heteroatoms. The number of piperidine rings is 1. The SMILES string of the molecule is O=C(COc1cc(Cl)cc(Cl)c1)N1CCC(c2nc3ccccc3o2)CC1. The number of rotatable bonds is 4. The smallest absolute Gasteiger partial charge is 0.260 e. The average molecular weight is 405 g/mol. The number of carbonyl (C=O) groups excluding carboxylic acids is 1. The summed E-state index contributed by atoms with van der Waals surface area (Å²) in [5.41, 5.74) is 1.68. The Kier molecular flexibility index (Phi) is 5.23. The average Bonchev–Trinajstić information content (AvgIpc) is 3.10. The number of fused-ring (bicyclic) bond motifs is 1. The minimum Gasteiger partial charge on any atom is -0.484 e. The minimum absolute atomic E-state index is 0.0375. The molecule has 140 valence electrons. The van der Waals surface area contributed by atoms with Gasteiger partial charge in [-0.2, -0.15) is 0 Å². The Bertz CT molecular complexity index is 912. The molecule has 0 atom stereocenters. The molecule has 1 amide bonds. The Labute approximate surface area is 166 Å². The van der Waals surface area contributed by atoms with Crippen LogP contribution in [0.15, 0.2) is 46.9 Å². The number of nitrogens with zero attached hydrogens (tertiary/aromatic N) is 2. The molecule has 2 aromatic carbocycles. The van der Waals surface area contributed by atoms with Crippen molar-refractivity contribution in [2.75, 3.05) is 19.7 Å². The number of hydrogen-bond acceptors (Lipinski definition) is 4. The van der Waals surface area contributed by atoms with E-state index < -0.39 is 0 Å². The lowest BCUT2D eigenvalue weighted by Crippen LogP contribution is -2.40. The lowest BCUT2D eigenvalue weighted by Gasteiger charge is -2.30. The number of benzene rings is 2. The van der Waals surface area contributed by atoms with Crippen LogP contribution in [0.25, 0.3) is 11.1 Å². The number of halogens is 2. The molecule has 0 aliphatic carbocycles. The molecule has 0 spiro atoms. The van der Waals surface area contributed by atoms with Gasteiger partial charge in [0.1, 0.15) is 11.3 Å². The van der Waals surface area contributed by atoms with Gasteiger partial charge in [-0.25, -0.2) is 4.98 Å². The van der Waals surface area contributed by atoms with Crippen LogP contribution in [0.4, 0.5) is 0 Å². The summed E-state index contributed by atoms with van der Waals surface area (Å²) < 4.78 is 11.4. The Morgan fingerprint density at radius 2 is 1.85 bits per heavy atom. The lowest BCUT2D eigenvalue weighted by atomic mass is 9.97. The summed E-state index contributed by atoms with van der Waals surface area (Å²) in [6.45, 7) is 1.27. The number of aromatic nitrogens is 1. The summed E-state index contributed by atoms with van der Waals surface area (Å²) in [5, 5.41) is 0.952. The molecule has 0 N–H and O–H groups in total. The third-order valence-electron chi connectivity index (χ3n) is 4.71. The van der Waals surface area contributed by atoms with Crippen molar-refractivity contribution in [3.8, 4) is 5.75 Å².